The molecule has 2 aliphatic rings. The predicted molar refractivity (Wildman–Crippen MR) is 74.5 cm³/mol. The second-order valence-corrected chi connectivity index (χ2v) is 5.81. The van der Waals surface area contributed by atoms with Crippen molar-refractivity contribution in [2.24, 2.45) is 0 Å². The number of likely N-dealkylation sites (N-methyl/N-ethyl adjacent to an activating group) is 2. The summed E-state index contributed by atoms with van der Waals surface area (Å²) in [5.74, 6) is 1.84. The first-order chi connectivity index (χ1) is 9.78. The molecule has 0 radical (unpaired) electrons. The lowest BCUT2D eigenvalue weighted by Gasteiger charge is -2.27. The number of nitrogens with zero attached hydrogens (tertiary/aromatic N) is 3. The normalized spacial score (nSPS) is 31.8. The predicted octanol–water partition coefficient (Wildman–Crippen LogP) is 1.32. The van der Waals surface area contributed by atoms with Gasteiger partial charge in [-0.3, -0.25) is 0 Å². The van der Waals surface area contributed by atoms with Crippen LogP contribution < -0.4 is 5.32 Å². The minimum atomic E-state index is -0.0507. The van der Waals surface area contributed by atoms with Crippen molar-refractivity contribution in [2.45, 2.75) is 44.2 Å². The third kappa shape index (κ3) is 2.87. The SMILES string of the molecule is CCNC1CCCC1c1nc(C2CN(C)CCO2)no1. The summed E-state index contributed by atoms with van der Waals surface area (Å²) in [5.41, 5.74) is 0. The van der Waals surface area contributed by atoms with Gasteiger partial charge in [0, 0.05) is 19.1 Å². The van der Waals surface area contributed by atoms with Crippen molar-refractivity contribution >= 4 is 0 Å². The maximum absolute atomic E-state index is 5.74. The van der Waals surface area contributed by atoms with Crippen LogP contribution in [0.5, 0.6) is 0 Å². The van der Waals surface area contributed by atoms with E-state index in [-0.39, 0.29) is 6.10 Å². The number of aromatic nitrogens is 2. The van der Waals surface area contributed by atoms with E-state index in [9.17, 15) is 0 Å². The van der Waals surface area contributed by atoms with Crippen molar-refractivity contribution in [1.29, 1.82) is 0 Å². The zero-order chi connectivity index (χ0) is 13.9. The Balaban J connectivity index is 1.69. The second-order valence-electron chi connectivity index (χ2n) is 5.81. The molecule has 1 saturated heterocycles. The standard InChI is InChI=1S/C14H24N4O2/c1-3-15-11-6-4-5-10(11)14-16-13(17-20-14)12-9-18(2)7-8-19-12/h10-12,15H,3-9H2,1-2H3. The summed E-state index contributed by atoms with van der Waals surface area (Å²) in [5, 5.41) is 7.67. The number of hydrogen-bond donors (Lipinski definition) is 1. The molecule has 1 saturated carbocycles. The van der Waals surface area contributed by atoms with Crippen molar-refractivity contribution in [3.05, 3.63) is 11.7 Å². The van der Waals surface area contributed by atoms with Crippen molar-refractivity contribution < 1.29 is 9.26 Å². The third-order valence-corrected chi connectivity index (χ3v) is 4.31. The lowest BCUT2D eigenvalue weighted by atomic mass is 10.0. The van der Waals surface area contributed by atoms with Gasteiger partial charge >= 0.3 is 0 Å². The maximum Gasteiger partial charge on any atom is 0.231 e. The molecule has 20 heavy (non-hydrogen) atoms. The van der Waals surface area contributed by atoms with Gasteiger partial charge in [-0.2, -0.15) is 4.98 Å². The van der Waals surface area contributed by atoms with Gasteiger partial charge in [-0.05, 0) is 26.4 Å². The van der Waals surface area contributed by atoms with Gasteiger partial charge in [0.2, 0.25) is 11.7 Å². The smallest absolute Gasteiger partial charge is 0.231 e. The molecule has 3 unspecified atom stereocenters. The van der Waals surface area contributed by atoms with Crippen LogP contribution in [0.25, 0.3) is 0 Å². The van der Waals surface area contributed by atoms with Gasteiger partial charge in [0.1, 0.15) is 6.10 Å². The Morgan fingerprint density at radius 3 is 3.10 bits per heavy atom. The molecule has 112 valence electrons. The van der Waals surface area contributed by atoms with Crippen LogP contribution in [-0.4, -0.2) is 54.4 Å². The topological polar surface area (TPSA) is 63.4 Å². The molecular formula is C14H24N4O2. The molecule has 3 rings (SSSR count). The minimum Gasteiger partial charge on any atom is -0.367 e. The van der Waals surface area contributed by atoms with Crippen LogP contribution in [0, 0.1) is 0 Å². The first-order valence-corrected chi connectivity index (χ1v) is 7.65. The molecule has 2 fully saturated rings. The molecule has 1 N–H and O–H groups in total. The fourth-order valence-corrected chi connectivity index (χ4v) is 3.22. The lowest BCUT2D eigenvalue weighted by Crippen LogP contribution is -2.35. The van der Waals surface area contributed by atoms with Gasteiger partial charge in [-0.25, -0.2) is 0 Å². The molecule has 1 aliphatic heterocycles. The number of ether oxygens (including phenoxy) is 1. The Labute approximate surface area is 119 Å². The van der Waals surface area contributed by atoms with E-state index in [1.807, 2.05) is 0 Å². The lowest BCUT2D eigenvalue weighted by molar-refractivity contribution is -0.0264. The Hall–Kier alpha value is -0.980. The Bertz CT molecular complexity index is 437. The average Bonchev–Trinajstić information content (AvgIpc) is 3.07. The molecule has 6 heteroatoms. The minimum absolute atomic E-state index is 0.0507. The molecule has 2 heterocycles. The van der Waals surface area contributed by atoms with Gasteiger partial charge in [0.25, 0.3) is 0 Å². The molecular weight excluding hydrogens is 256 g/mol. The van der Waals surface area contributed by atoms with Crippen molar-refractivity contribution in [1.82, 2.24) is 20.4 Å². The summed E-state index contributed by atoms with van der Waals surface area (Å²) in [4.78, 5) is 6.85. The number of morpholine rings is 1. The Morgan fingerprint density at radius 1 is 1.40 bits per heavy atom. The van der Waals surface area contributed by atoms with Crippen molar-refractivity contribution in [2.75, 3.05) is 33.3 Å². The van der Waals surface area contributed by atoms with Crippen LogP contribution in [0.4, 0.5) is 0 Å². The molecule has 0 spiro atoms. The monoisotopic (exact) mass is 280 g/mol. The third-order valence-electron chi connectivity index (χ3n) is 4.31. The highest BCUT2D eigenvalue weighted by atomic mass is 16.5. The van der Waals surface area contributed by atoms with Crippen LogP contribution in [0.15, 0.2) is 4.52 Å². The summed E-state index contributed by atoms with van der Waals surface area (Å²) < 4.78 is 11.3. The summed E-state index contributed by atoms with van der Waals surface area (Å²) in [6.07, 6.45) is 3.50. The molecule has 0 aromatic carbocycles. The van der Waals surface area contributed by atoms with Gasteiger partial charge in [0.15, 0.2) is 0 Å². The molecule has 6 nitrogen and oxygen atoms in total. The number of hydrogen-bond acceptors (Lipinski definition) is 6. The largest absolute Gasteiger partial charge is 0.367 e. The van der Waals surface area contributed by atoms with Crippen LogP contribution >= 0.6 is 0 Å². The Morgan fingerprint density at radius 2 is 2.30 bits per heavy atom. The van der Waals surface area contributed by atoms with Gasteiger partial charge in [-0.15, -0.1) is 0 Å². The summed E-state index contributed by atoms with van der Waals surface area (Å²) in [6, 6.07) is 0.475. The van der Waals surface area contributed by atoms with E-state index < -0.39 is 0 Å². The van der Waals surface area contributed by atoms with Crippen molar-refractivity contribution in [3.63, 3.8) is 0 Å². The number of nitrogens with one attached hydrogen (secondary N) is 1. The molecule has 1 aromatic rings. The summed E-state index contributed by atoms with van der Waals surface area (Å²) >= 11 is 0. The van der Waals surface area contributed by atoms with Crippen LogP contribution in [-0.2, 0) is 4.74 Å². The zero-order valence-corrected chi connectivity index (χ0v) is 12.3. The van der Waals surface area contributed by atoms with Crippen molar-refractivity contribution in [3.8, 4) is 0 Å². The van der Waals surface area contributed by atoms with E-state index in [1.54, 1.807) is 0 Å². The number of rotatable bonds is 4. The average molecular weight is 280 g/mol. The molecule has 1 aliphatic carbocycles. The highest BCUT2D eigenvalue weighted by molar-refractivity contribution is 5.04. The molecule has 0 amide bonds. The maximum atomic E-state index is 5.74. The quantitative estimate of drug-likeness (QED) is 0.897. The first kappa shape index (κ1) is 14.0. The fourth-order valence-electron chi connectivity index (χ4n) is 3.22. The van der Waals surface area contributed by atoms with E-state index in [1.165, 1.54) is 12.8 Å². The zero-order valence-electron chi connectivity index (χ0n) is 12.3. The van der Waals surface area contributed by atoms with E-state index in [2.05, 4.69) is 34.3 Å². The Kier molecular flexibility index (Phi) is 4.33. The van der Waals surface area contributed by atoms with Crippen LogP contribution in [0.2, 0.25) is 0 Å². The van der Waals surface area contributed by atoms with Crippen LogP contribution in [0.1, 0.15) is 49.9 Å². The highest BCUT2D eigenvalue weighted by Gasteiger charge is 2.33. The van der Waals surface area contributed by atoms with Gasteiger partial charge in [0.05, 0.1) is 12.5 Å². The van der Waals surface area contributed by atoms with Gasteiger partial charge in [-0.1, -0.05) is 18.5 Å². The van der Waals surface area contributed by atoms with E-state index >= 15 is 0 Å². The van der Waals surface area contributed by atoms with E-state index in [0.29, 0.717) is 17.8 Å². The van der Waals surface area contributed by atoms with Gasteiger partial charge < -0.3 is 19.5 Å². The molecule has 1 aromatic heterocycles. The molecule has 3 atom stereocenters. The second kappa shape index (κ2) is 6.20. The molecule has 0 bridgehead atoms. The van der Waals surface area contributed by atoms with Crippen LogP contribution in [0.3, 0.4) is 0 Å². The van der Waals surface area contributed by atoms with E-state index in [4.69, 9.17) is 9.26 Å². The summed E-state index contributed by atoms with van der Waals surface area (Å²) in [7, 11) is 2.09. The highest BCUT2D eigenvalue weighted by Crippen LogP contribution is 2.34. The summed E-state index contributed by atoms with van der Waals surface area (Å²) in [6.45, 7) is 5.65. The van der Waals surface area contributed by atoms with E-state index in [0.717, 1.165) is 38.6 Å². The first-order valence-electron chi connectivity index (χ1n) is 7.65. The fraction of sp³-hybridized carbons (Fsp3) is 0.857.